The molecule has 0 heterocycles. The lowest BCUT2D eigenvalue weighted by atomic mass is 10.1. The zero-order valence-corrected chi connectivity index (χ0v) is 11.0. The maximum atomic E-state index is 11.0. The molecular weight excluding hydrogens is 268 g/mol. The van der Waals surface area contributed by atoms with Crippen molar-refractivity contribution >= 4 is 5.69 Å². The van der Waals surface area contributed by atoms with Crippen molar-refractivity contribution in [3.8, 4) is 11.5 Å². The van der Waals surface area contributed by atoms with E-state index in [0.29, 0.717) is 0 Å². The molecular formula is C11H14N4O5. The van der Waals surface area contributed by atoms with Crippen LogP contribution in [-0.4, -0.2) is 30.3 Å². The molecule has 1 rings (SSSR count). The lowest BCUT2D eigenvalue weighted by Gasteiger charge is -2.13. The van der Waals surface area contributed by atoms with Gasteiger partial charge in [0.25, 0.3) is 5.69 Å². The predicted molar refractivity (Wildman–Crippen MR) is 69.8 cm³/mol. The van der Waals surface area contributed by atoms with Gasteiger partial charge in [0, 0.05) is 4.91 Å². The van der Waals surface area contributed by atoms with Gasteiger partial charge in [-0.15, -0.1) is 0 Å². The largest absolute Gasteiger partial charge is 0.493 e. The first-order valence-electron chi connectivity index (χ1n) is 5.69. The Morgan fingerprint density at radius 1 is 1.55 bits per heavy atom. The van der Waals surface area contributed by atoms with Crippen LogP contribution in [0.3, 0.4) is 0 Å². The monoisotopic (exact) mass is 282 g/mol. The fourth-order valence-electron chi connectivity index (χ4n) is 1.57. The minimum Gasteiger partial charge on any atom is -0.493 e. The summed E-state index contributed by atoms with van der Waals surface area (Å²) in [5.74, 6) is 0.407. The second-order valence-corrected chi connectivity index (χ2v) is 3.80. The van der Waals surface area contributed by atoms with E-state index in [2.05, 4.69) is 10.0 Å². The maximum absolute atomic E-state index is 11.0. The molecule has 9 nitrogen and oxygen atoms in total. The van der Waals surface area contributed by atoms with Crippen LogP contribution in [0.2, 0.25) is 0 Å². The quantitative estimate of drug-likeness (QED) is 0.205. The van der Waals surface area contributed by atoms with Crippen molar-refractivity contribution < 1.29 is 19.5 Å². The summed E-state index contributed by atoms with van der Waals surface area (Å²) in [5, 5.41) is 23.8. The van der Waals surface area contributed by atoms with Crippen molar-refractivity contribution in [3.05, 3.63) is 38.3 Å². The number of nitro benzene ring substituents is 1. The van der Waals surface area contributed by atoms with E-state index in [-0.39, 0.29) is 35.9 Å². The summed E-state index contributed by atoms with van der Waals surface area (Å²) in [6.45, 7) is 1.57. The van der Waals surface area contributed by atoms with E-state index >= 15 is 0 Å². The van der Waals surface area contributed by atoms with Crippen LogP contribution < -0.4 is 9.47 Å². The number of aliphatic hydroxyl groups excluding tert-OH is 1. The molecule has 0 fully saturated rings. The Morgan fingerprint density at radius 3 is 2.75 bits per heavy atom. The fraction of sp³-hybridized carbons (Fsp3) is 0.455. The highest BCUT2D eigenvalue weighted by atomic mass is 16.6. The van der Waals surface area contributed by atoms with Gasteiger partial charge in [0.15, 0.2) is 11.5 Å². The number of nitro groups is 1. The fourth-order valence-corrected chi connectivity index (χ4v) is 1.57. The highest BCUT2D eigenvalue weighted by Crippen LogP contribution is 2.37. The number of ether oxygens (including phenoxy) is 2. The van der Waals surface area contributed by atoms with Crippen LogP contribution in [0.5, 0.6) is 11.5 Å². The second-order valence-electron chi connectivity index (χ2n) is 3.80. The van der Waals surface area contributed by atoms with E-state index in [9.17, 15) is 15.2 Å². The van der Waals surface area contributed by atoms with Crippen molar-refractivity contribution in [3.63, 3.8) is 0 Å². The summed E-state index contributed by atoms with van der Waals surface area (Å²) in [4.78, 5) is 12.9. The molecule has 1 unspecified atom stereocenters. The summed E-state index contributed by atoms with van der Waals surface area (Å²) in [6.07, 6.45) is -1.01. The minimum absolute atomic E-state index is 0.0611. The van der Waals surface area contributed by atoms with Gasteiger partial charge in [-0.25, -0.2) is 0 Å². The van der Waals surface area contributed by atoms with Crippen molar-refractivity contribution in [1.29, 1.82) is 0 Å². The van der Waals surface area contributed by atoms with Crippen LogP contribution in [0.25, 0.3) is 10.4 Å². The summed E-state index contributed by atoms with van der Waals surface area (Å²) in [5.41, 5.74) is 8.01. The number of azide groups is 1. The SMILES string of the molecule is COc1cc(C(C)O)c([N+](=O)[O-])cc1OCCN=[N+]=[N-]. The van der Waals surface area contributed by atoms with Crippen LogP contribution in [0.1, 0.15) is 18.6 Å². The first-order valence-corrected chi connectivity index (χ1v) is 5.69. The third kappa shape index (κ3) is 3.74. The number of benzene rings is 1. The Hall–Kier alpha value is -2.51. The molecule has 0 aliphatic carbocycles. The summed E-state index contributed by atoms with van der Waals surface area (Å²) in [6, 6.07) is 2.53. The third-order valence-electron chi connectivity index (χ3n) is 2.47. The highest BCUT2D eigenvalue weighted by Gasteiger charge is 2.22. The topological polar surface area (TPSA) is 131 Å². The van der Waals surface area contributed by atoms with Crippen LogP contribution in [0, 0.1) is 10.1 Å². The Morgan fingerprint density at radius 2 is 2.25 bits per heavy atom. The van der Waals surface area contributed by atoms with E-state index in [4.69, 9.17) is 15.0 Å². The average Bonchev–Trinajstić information content (AvgIpc) is 2.42. The maximum Gasteiger partial charge on any atom is 0.279 e. The van der Waals surface area contributed by atoms with Crippen LogP contribution in [0.15, 0.2) is 17.2 Å². The van der Waals surface area contributed by atoms with Gasteiger partial charge in [0.2, 0.25) is 0 Å². The summed E-state index contributed by atoms with van der Waals surface area (Å²) in [7, 11) is 1.38. The van der Waals surface area contributed by atoms with Gasteiger partial charge in [-0.05, 0) is 18.5 Å². The molecule has 9 heteroatoms. The summed E-state index contributed by atoms with van der Waals surface area (Å²) >= 11 is 0. The van der Waals surface area contributed by atoms with E-state index in [1.54, 1.807) is 0 Å². The molecule has 1 N–H and O–H groups in total. The van der Waals surface area contributed by atoms with Gasteiger partial charge in [0.1, 0.15) is 0 Å². The molecule has 1 aromatic rings. The first kappa shape index (κ1) is 15.5. The van der Waals surface area contributed by atoms with Crippen LogP contribution in [0.4, 0.5) is 5.69 Å². The minimum atomic E-state index is -1.01. The van der Waals surface area contributed by atoms with E-state index in [1.165, 1.54) is 26.2 Å². The van der Waals surface area contributed by atoms with Crippen molar-refractivity contribution in [2.45, 2.75) is 13.0 Å². The average molecular weight is 282 g/mol. The molecule has 0 radical (unpaired) electrons. The molecule has 0 amide bonds. The number of hydrogen-bond acceptors (Lipinski definition) is 6. The number of aliphatic hydroxyl groups is 1. The predicted octanol–water partition coefficient (Wildman–Crippen LogP) is 2.35. The summed E-state index contributed by atoms with van der Waals surface area (Å²) < 4.78 is 10.3. The van der Waals surface area contributed by atoms with Crippen molar-refractivity contribution in [2.24, 2.45) is 5.11 Å². The number of nitrogens with zero attached hydrogens (tertiary/aromatic N) is 4. The molecule has 108 valence electrons. The Bertz CT molecular complexity index is 540. The molecule has 20 heavy (non-hydrogen) atoms. The normalized spacial score (nSPS) is 11.3. The van der Waals surface area contributed by atoms with Crippen LogP contribution in [-0.2, 0) is 0 Å². The third-order valence-corrected chi connectivity index (χ3v) is 2.47. The number of hydrogen-bond donors (Lipinski definition) is 1. The Labute approximate surface area is 114 Å². The van der Waals surface area contributed by atoms with Gasteiger partial charge in [-0.3, -0.25) is 10.1 Å². The molecule has 1 atom stereocenters. The zero-order chi connectivity index (χ0) is 15.1. The molecule has 0 aliphatic heterocycles. The van der Waals surface area contributed by atoms with E-state index in [1.807, 2.05) is 0 Å². The van der Waals surface area contributed by atoms with E-state index in [0.717, 1.165) is 0 Å². The van der Waals surface area contributed by atoms with Crippen molar-refractivity contribution in [1.82, 2.24) is 0 Å². The Balaban J connectivity index is 3.12. The molecule has 0 saturated heterocycles. The lowest BCUT2D eigenvalue weighted by molar-refractivity contribution is -0.386. The lowest BCUT2D eigenvalue weighted by Crippen LogP contribution is -2.05. The molecule has 0 bridgehead atoms. The van der Waals surface area contributed by atoms with E-state index < -0.39 is 11.0 Å². The highest BCUT2D eigenvalue weighted by molar-refractivity contribution is 5.55. The first-order chi connectivity index (χ1) is 9.51. The van der Waals surface area contributed by atoms with Crippen LogP contribution >= 0.6 is 0 Å². The molecule has 0 spiro atoms. The van der Waals surface area contributed by atoms with Gasteiger partial charge >= 0.3 is 0 Å². The number of methoxy groups -OCH3 is 1. The molecule has 1 aromatic carbocycles. The molecule has 0 aliphatic rings. The van der Waals surface area contributed by atoms with Gasteiger partial charge in [0.05, 0.1) is 42.9 Å². The number of rotatable bonds is 7. The standard InChI is InChI=1S/C11H14N4O5/c1-7(16)8-5-10(19-2)11(6-9(8)15(17)18)20-4-3-13-14-12/h5-7,16H,3-4H2,1-2H3. The second kappa shape index (κ2) is 7.17. The Kier molecular flexibility index (Phi) is 5.57. The zero-order valence-electron chi connectivity index (χ0n) is 11.0. The van der Waals surface area contributed by atoms with Crippen molar-refractivity contribution in [2.75, 3.05) is 20.3 Å². The smallest absolute Gasteiger partial charge is 0.279 e. The van der Waals surface area contributed by atoms with Gasteiger partial charge in [-0.2, -0.15) is 0 Å². The molecule has 0 aromatic heterocycles. The molecule has 0 saturated carbocycles. The van der Waals surface area contributed by atoms with Gasteiger partial charge < -0.3 is 14.6 Å². The van der Waals surface area contributed by atoms with Gasteiger partial charge in [-0.1, -0.05) is 5.11 Å².